The molecule has 7 heteroatoms. The van der Waals surface area contributed by atoms with E-state index >= 15 is 0 Å². The van der Waals surface area contributed by atoms with Crippen LogP contribution in [-0.4, -0.2) is 34.7 Å². The molecule has 0 aliphatic heterocycles. The van der Waals surface area contributed by atoms with Crippen LogP contribution in [0.25, 0.3) is 16.6 Å². The minimum absolute atomic E-state index is 0.179. The monoisotopic (exact) mass is 399 g/mol. The van der Waals surface area contributed by atoms with E-state index in [1.54, 1.807) is 42.5 Å². The third-order valence-corrected chi connectivity index (χ3v) is 4.40. The number of aromatic nitrogens is 2. The molecule has 0 radical (unpaired) electrons. The van der Waals surface area contributed by atoms with Crippen molar-refractivity contribution >= 4 is 28.4 Å². The Balaban J connectivity index is 1.76. The van der Waals surface area contributed by atoms with E-state index in [1.807, 2.05) is 13.8 Å². The Kier molecular flexibility index (Phi) is 6.44. The second-order valence-electron chi connectivity index (χ2n) is 6.66. The summed E-state index contributed by atoms with van der Waals surface area (Å²) in [6, 6.07) is 11.9. The van der Waals surface area contributed by atoms with Crippen molar-refractivity contribution in [2.24, 2.45) is 0 Å². The molecule has 2 aromatic carbocycles. The Morgan fingerprint density at radius 3 is 2.82 bits per heavy atom. The van der Waals surface area contributed by atoms with Gasteiger partial charge in [0.2, 0.25) is 0 Å². The number of halogens is 1. The van der Waals surface area contributed by atoms with Gasteiger partial charge in [-0.25, -0.2) is 4.98 Å². The average molecular weight is 400 g/mol. The smallest absolute Gasteiger partial charge is 0.265 e. The van der Waals surface area contributed by atoms with Gasteiger partial charge in [-0.2, -0.15) is 0 Å². The zero-order valence-electron chi connectivity index (χ0n) is 15.8. The normalized spacial score (nSPS) is 11.1. The molecule has 146 valence electrons. The van der Waals surface area contributed by atoms with Crippen LogP contribution in [-0.2, 0) is 4.74 Å². The summed E-state index contributed by atoms with van der Waals surface area (Å²) in [5.41, 5.74) is 1.35. The van der Waals surface area contributed by atoms with E-state index in [4.69, 9.17) is 16.3 Å². The number of carbonyl (C=O) groups is 1. The third kappa shape index (κ3) is 4.77. The Morgan fingerprint density at radius 1 is 1.25 bits per heavy atom. The highest BCUT2D eigenvalue weighted by Gasteiger charge is 2.10. The van der Waals surface area contributed by atoms with Crippen molar-refractivity contribution in [1.29, 1.82) is 0 Å². The molecule has 0 saturated carbocycles. The molecule has 3 aromatic rings. The molecule has 0 unspecified atom stereocenters. The fraction of sp³-hybridized carbons (Fsp3) is 0.286. The van der Waals surface area contributed by atoms with E-state index < -0.39 is 0 Å². The standard InChI is InChI=1S/C21H22ClN3O3/c1-14(2)28-10-4-9-23-20(26)15-7-8-18-19(11-15)24-13-25(21(18)27)17-6-3-5-16(22)12-17/h3,5-8,11-14H,4,9-10H2,1-2H3,(H,23,26). The van der Waals surface area contributed by atoms with Gasteiger partial charge >= 0.3 is 0 Å². The van der Waals surface area contributed by atoms with Crippen molar-refractivity contribution in [3.05, 3.63) is 69.7 Å². The number of ether oxygens (including phenoxy) is 1. The average Bonchev–Trinajstić information content (AvgIpc) is 2.67. The van der Waals surface area contributed by atoms with Gasteiger partial charge in [0, 0.05) is 23.7 Å². The minimum atomic E-state index is -0.218. The van der Waals surface area contributed by atoms with Crippen molar-refractivity contribution < 1.29 is 9.53 Å². The molecule has 0 saturated heterocycles. The molecule has 1 heterocycles. The highest BCUT2D eigenvalue weighted by molar-refractivity contribution is 6.30. The fourth-order valence-electron chi connectivity index (χ4n) is 2.77. The summed E-state index contributed by atoms with van der Waals surface area (Å²) in [4.78, 5) is 29.4. The van der Waals surface area contributed by atoms with Crippen molar-refractivity contribution in [2.45, 2.75) is 26.4 Å². The number of rotatable bonds is 7. The van der Waals surface area contributed by atoms with Crippen LogP contribution in [0, 0.1) is 0 Å². The molecule has 3 rings (SSSR count). The second kappa shape index (κ2) is 8.99. The van der Waals surface area contributed by atoms with Gasteiger partial charge in [-0.3, -0.25) is 14.2 Å². The van der Waals surface area contributed by atoms with Crippen LogP contribution in [0.15, 0.2) is 53.6 Å². The van der Waals surface area contributed by atoms with Gasteiger partial charge in [0.05, 0.1) is 22.7 Å². The summed E-state index contributed by atoms with van der Waals surface area (Å²) in [6.07, 6.45) is 2.36. The number of nitrogens with zero attached hydrogens (tertiary/aromatic N) is 2. The van der Waals surface area contributed by atoms with Crippen molar-refractivity contribution in [3.8, 4) is 5.69 Å². The largest absolute Gasteiger partial charge is 0.379 e. The molecule has 0 aliphatic rings. The zero-order chi connectivity index (χ0) is 20.1. The number of nitrogens with one attached hydrogen (secondary N) is 1. The number of amides is 1. The van der Waals surface area contributed by atoms with Gasteiger partial charge in [-0.05, 0) is 56.7 Å². The summed E-state index contributed by atoms with van der Waals surface area (Å²) in [5.74, 6) is -0.202. The first kappa shape index (κ1) is 20.0. The summed E-state index contributed by atoms with van der Waals surface area (Å²) < 4.78 is 6.88. The Bertz CT molecular complexity index is 1050. The molecular weight excluding hydrogens is 378 g/mol. The van der Waals surface area contributed by atoms with Crippen molar-refractivity contribution in [3.63, 3.8) is 0 Å². The number of fused-ring (bicyclic) bond motifs is 1. The Hall–Kier alpha value is -2.70. The van der Waals surface area contributed by atoms with E-state index in [1.165, 1.54) is 10.9 Å². The number of benzene rings is 2. The second-order valence-corrected chi connectivity index (χ2v) is 7.10. The molecule has 0 atom stereocenters. The molecule has 0 bridgehead atoms. The van der Waals surface area contributed by atoms with Crippen LogP contribution in [0.3, 0.4) is 0 Å². The first-order valence-electron chi connectivity index (χ1n) is 9.13. The molecule has 0 spiro atoms. The van der Waals surface area contributed by atoms with E-state index in [0.29, 0.717) is 40.3 Å². The first-order chi connectivity index (χ1) is 13.5. The lowest BCUT2D eigenvalue weighted by Crippen LogP contribution is -2.26. The lowest BCUT2D eigenvalue weighted by atomic mass is 10.1. The third-order valence-electron chi connectivity index (χ3n) is 4.17. The van der Waals surface area contributed by atoms with Crippen LogP contribution < -0.4 is 10.9 Å². The van der Waals surface area contributed by atoms with Crippen LogP contribution in [0.1, 0.15) is 30.6 Å². The predicted octanol–water partition coefficient (Wildman–Crippen LogP) is 3.58. The van der Waals surface area contributed by atoms with E-state index in [0.717, 1.165) is 6.42 Å². The van der Waals surface area contributed by atoms with Crippen molar-refractivity contribution in [1.82, 2.24) is 14.9 Å². The molecule has 1 aromatic heterocycles. The maximum atomic E-state index is 12.8. The highest BCUT2D eigenvalue weighted by atomic mass is 35.5. The van der Waals surface area contributed by atoms with E-state index in [9.17, 15) is 9.59 Å². The number of carbonyl (C=O) groups excluding carboxylic acids is 1. The molecule has 0 fully saturated rings. The number of hydrogen-bond donors (Lipinski definition) is 1. The van der Waals surface area contributed by atoms with Gasteiger partial charge in [-0.15, -0.1) is 0 Å². The lowest BCUT2D eigenvalue weighted by Gasteiger charge is -2.09. The van der Waals surface area contributed by atoms with E-state index in [-0.39, 0.29) is 17.6 Å². The van der Waals surface area contributed by atoms with Gasteiger partial charge in [0.1, 0.15) is 6.33 Å². The number of hydrogen-bond acceptors (Lipinski definition) is 4. The van der Waals surface area contributed by atoms with Gasteiger partial charge in [0.15, 0.2) is 0 Å². The fourth-order valence-corrected chi connectivity index (χ4v) is 2.95. The maximum Gasteiger partial charge on any atom is 0.265 e. The Labute approximate surface area is 168 Å². The molecule has 28 heavy (non-hydrogen) atoms. The van der Waals surface area contributed by atoms with Crippen LogP contribution >= 0.6 is 11.6 Å². The quantitative estimate of drug-likeness (QED) is 0.616. The summed E-state index contributed by atoms with van der Waals surface area (Å²) >= 11 is 6.01. The summed E-state index contributed by atoms with van der Waals surface area (Å²) in [7, 11) is 0. The lowest BCUT2D eigenvalue weighted by molar-refractivity contribution is 0.0757. The SMILES string of the molecule is CC(C)OCCCNC(=O)c1ccc2c(=O)n(-c3cccc(Cl)c3)cnc2c1. The minimum Gasteiger partial charge on any atom is -0.379 e. The van der Waals surface area contributed by atoms with E-state index in [2.05, 4.69) is 10.3 Å². The first-order valence-corrected chi connectivity index (χ1v) is 9.50. The Morgan fingerprint density at radius 2 is 2.07 bits per heavy atom. The molecule has 1 amide bonds. The van der Waals surface area contributed by atoms with Gasteiger partial charge < -0.3 is 10.1 Å². The zero-order valence-corrected chi connectivity index (χ0v) is 16.6. The van der Waals surface area contributed by atoms with Crippen LogP contribution in [0.5, 0.6) is 0 Å². The summed E-state index contributed by atoms with van der Waals surface area (Å²) in [5, 5.41) is 3.82. The van der Waals surface area contributed by atoms with Gasteiger partial charge in [0.25, 0.3) is 11.5 Å². The van der Waals surface area contributed by atoms with Crippen LogP contribution in [0.4, 0.5) is 0 Å². The molecule has 0 aliphatic carbocycles. The predicted molar refractivity (Wildman–Crippen MR) is 110 cm³/mol. The molecule has 1 N–H and O–H groups in total. The molecular formula is C21H22ClN3O3. The topological polar surface area (TPSA) is 73.2 Å². The van der Waals surface area contributed by atoms with Crippen LogP contribution in [0.2, 0.25) is 5.02 Å². The van der Waals surface area contributed by atoms with Gasteiger partial charge in [-0.1, -0.05) is 17.7 Å². The highest BCUT2D eigenvalue weighted by Crippen LogP contribution is 2.15. The summed E-state index contributed by atoms with van der Waals surface area (Å²) in [6.45, 7) is 5.07. The molecule has 6 nitrogen and oxygen atoms in total. The maximum absolute atomic E-state index is 12.8. The van der Waals surface area contributed by atoms with Crippen molar-refractivity contribution in [2.75, 3.05) is 13.2 Å².